The zero-order valence-electron chi connectivity index (χ0n) is 16.7. The first-order valence-electron chi connectivity index (χ1n) is 9.38. The van der Waals surface area contributed by atoms with Gasteiger partial charge in [-0.15, -0.1) is 0 Å². The smallest absolute Gasteiger partial charge is 0.257 e. The van der Waals surface area contributed by atoms with E-state index in [1.807, 2.05) is 13.8 Å². The number of pyridine rings is 2. The number of carbonyl (C=O) groups is 1. The fourth-order valence-electron chi connectivity index (χ4n) is 2.91. The van der Waals surface area contributed by atoms with Gasteiger partial charge in [-0.25, -0.2) is 9.97 Å². The van der Waals surface area contributed by atoms with Gasteiger partial charge < -0.3 is 19.3 Å². The van der Waals surface area contributed by atoms with Crippen molar-refractivity contribution in [2.45, 2.75) is 19.8 Å². The molecule has 1 N–H and O–H groups in total. The first kappa shape index (κ1) is 19.4. The second-order valence-electron chi connectivity index (χ2n) is 6.89. The van der Waals surface area contributed by atoms with Crippen molar-refractivity contribution in [2.75, 3.05) is 12.4 Å². The molecule has 1 amide bonds. The summed E-state index contributed by atoms with van der Waals surface area (Å²) in [5.41, 5.74) is 1.98. The molecule has 0 spiro atoms. The Bertz CT molecular complexity index is 1190. The summed E-state index contributed by atoms with van der Waals surface area (Å²) in [7, 11) is 1.60. The van der Waals surface area contributed by atoms with Crippen LogP contribution in [0.25, 0.3) is 11.1 Å². The lowest BCUT2D eigenvalue weighted by Gasteiger charge is -2.11. The standard InChI is InChI=1S/C22H20N4O4/c1-13(2)19-17-11-14(12-24-21(17)30-26-19)20(27)25-18-5-4-10-23-22(18)29-16-8-6-15(28-3)7-9-16/h4-13H,1-3H3,(H,25,27). The summed E-state index contributed by atoms with van der Waals surface area (Å²) < 4.78 is 16.2. The molecule has 0 radical (unpaired) electrons. The maximum absolute atomic E-state index is 12.8. The average molecular weight is 404 g/mol. The summed E-state index contributed by atoms with van der Waals surface area (Å²) in [5, 5.41) is 7.60. The van der Waals surface area contributed by atoms with Crippen LogP contribution in [0.1, 0.15) is 35.8 Å². The summed E-state index contributed by atoms with van der Waals surface area (Å²) in [5.74, 6) is 1.37. The highest BCUT2D eigenvalue weighted by molar-refractivity contribution is 6.06. The van der Waals surface area contributed by atoms with E-state index in [1.54, 1.807) is 55.8 Å². The van der Waals surface area contributed by atoms with Crippen LogP contribution in [0.2, 0.25) is 0 Å². The number of fused-ring (bicyclic) bond motifs is 1. The van der Waals surface area contributed by atoms with Gasteiger partial charge in [0.15, 0.2) is 0 Å². The third-order valence-corrected chi connectivity index (χ3v) is 4.46. The van der Waals surface area contributed by atoms with E-state index < -0.39 is 0 Å². The summed E-state index contributed by atoms with van der Waals surface area (Å²) in [6.45, 7) is 4.00. The highest BCUT2D eigenvalue weighted by Crippen LogP contribution is 2.29. The fraction of sp³-hybridized carbons (Fsp3) is 0.182. The number of amides is 1. The summed E-state index contributed by atoms with van der Waals surface area (Å²) in [6, 6.07) is 12.2. The Kier molecular flexibility index (Phi) is 5.30. The van der Waals surface area contributed by atoms with Gasteiger partial charge in [-0.05, 0) is 48.4 Å². The molecular formula is C22H20N4O4. The van der Waals surface area contributed by atoms with Crippen molar-refractivity contribution in [1.29, 1.82) is 0 Å². The predicted octanol–water partition coefficient (Wildman–Crippen LogP) is 4.79. The van der Waals surface area contributed by atoms with E-state index in [0.717, 1.165) is 11.1 Å². The van der Waals surface area contributed by atoms with Crippen molar-refractivity contribution < 1.29 is 18.8 Å². The van der Waals surface area contributed by atoms with Crippen LogP contribution in [0, 0.1) is 0 Å². The number of carbonyl (C=O) groups excluding carboxylic acids is 1. The number of nitrogens with zero attached hydrogens (tertiary/aromatic N) is 3. The number of nitrogens with one attached hydrogen (secondary N) is 1. The lowest BCUT2D eigenvalue weighted by Crippen LogP contribution is -2.13. The highest BCUT2D eigenvalue weighted by atomic mass is 16.5. The minimum Gasteiger partial charge on any atom is -0.497 e. The Balaban J connectivity index is 1.57. The van der Waals surface area contributed by atoms with Gasteiger partial charge in [0.05, 0.1) is 23.8 Å². The van der Waals surface area contributed by atoms with Gasteiger partial charge in [-0.1, -0.05) is 19.0 Å². The van der Waals surface area contributed by atoms with Gasteiger partial charge in [0.2, 0.25) is 5.88 Å². The van der Waals surface area contributed by atoms with Crippen LogP contribution in [-0.2, 0) is 0 Å². The second-order valence-corrected chi connectivity index (χ2v) is 6.89. The van der Waals surface area contributed by atoms with Gasteiger partial charge in [-0.3, -0.25) is 4.79 Å². The van der Waals surface area contributed by atoms with Gasteiger partial charge >= 0.3 is 0 Å². The maximum atomic E-state index is 12.8. The van der Waals surface area contributed by atoms with Gasteiger partial charge in [0.1, 0.15) is 17.2 Å². The van der Waals surface area contributed by atoms with Crippen LogP contribution in [0.3, 0.4) is 0 Å². The Labute approximate surface area is 172 Å². The van der Waals surface area contributed by atoms with Crippen molar-refractivity contribution in [3.05, 3.63) is 66.1 Å². The molecule has 3 heterocycles. The minimum atomic E-state index is -0.340. The molecule has 30 heavy (non-hydrogen) atoms. The Hall–Kier alpha value is -3.94. The molecule has 0 saturated carbocycles. The van der Waals surface area contributed by atoms with Crippen LogP contribution >= 0.6 is 0 Å². The number of hydrogen-bond donors (Lipinski definition) is 1. The number of rotatable bonds is 6. The topological polar surface area (TPSA) is 99.4 Å². The van der Waals surface area contributed by atoms with E-state index >= 15 is 0 Å². The van der Waals surface area contributed by atoms with E-state index in [2.05, 4.69) is 20.4 Å². The van der Waals surface area contributed by atoms with Crippen molar-refractivity contribution in [3.8, 4) is 17.4 Å². The molecule has 0 fully saturated rings. The quantitative estimate of drug-likeness (QED) is 0.493. The van der Waals surface area contributed by atoms with Crippen molar-refractivity contribution in [1.82, 2.24) is 15.1 Å². The van der Waals surface area contributed by atoms with E-state index in [9.17, 15) is 4.79 Å². The van der Waals surface area contributed by atoms with E-state index in [4.69, 9.17) is 14.0 Å². The largest absolute Gasteiger partial charge is 0.497 e. The molecule has 0 unspecified atom stereocenters. The third kappa shape index (κ3) is 3.93. The van der Waals surface area contributed by atoms with Crippen LogP contribution in [0.5, 0.6) is 17.4 Å². The molecule has 0 aliphatic rings. The molecule has 0 aliphatic heterocycles. The molecule has 1 aromatic carbocycles. The van der Waals surface area contributed by atoms with Gasteiger partial charge in [0.25, 0.3) is 11.6 Å². The van der Waals surface area contributed by atoms with Crippen LogP contribution in [0.15, 0.2) is 59.4 Å². The van der Waals surface area contributed by atoms with Gasteiger partial charge in [-0.2, -0.15) is 0 Å². The number of benzene rings is 1. The number of ether oxygens (including phenoxy) is 2. The Morgan fingerprint density at radius 2 is 1.87 bits per heavy atom. The van der Waals surface area contributed by atoms with E-state index in [0.29, 0.717) is 28.5 Å². The summed E-state index contributed by atoms with van der Waals surface area (Å²) >= 11 is 0. The van der Waals surface area contributed by atoms with Crippen molar-refractivity contribution in [3.63, 3.8) is 0 Å². The lowest BCUT2D eigenvalue weighted by atomic mass is 10.1. The molecule has 0 aliphatic carbocycles. The third-order valence-electron chi connectivity index (χ3n) is 4.46. The predicted molar refractivity (Wildman–Crippen MR) is 111 cm³/mol. The van der Waals surface area contributed by atoms with Crippen LogP contribution in [-0.4, -0.2) is 28.1 Å². The average Bonchev–Trinajstić information content (AvgIpc) is 3.19. The van der Waals surface area contributed by atoms with Crippen molar-refractivity contribution in [2.24, 2.45) is 0 Å². The first-order valence-corrected chi connectivity index (χ1v) is 9.38. The Morgan fingerprint density at radius 1 is 1.10 bits per heavy atom. The summed E-state index contributed by atoms with van der Waals surface area (Å²) in [4.78, 5) is 21.3. The molecular weight excluding hydrogens is 384 g/mol. The van der Waals surface area contributed by atoms with Gasteiger partial charge in [0, 0.05) is 12.4 Å². The zero-order chi connectivity index (χ0) is 21.1. The van der Waals surface area contributed by atoms with Crippen molar-refractivity contribution >= 4 is 22.7 Å². The SMILES string of the molecule is COc1ccc(Oc2ncccc2NC(=O)c2cnc3onc(C(C)C)c3c2)cc1. The molecule has 3 aromatic heterocycles. The van der Waals surface area contributed by atoms with Crippen LogP contribution < -0.4 is 14.8 Å². The van der Waals surface area contributed by atoms with Crippen LogP contribution in [0.4, 0.5) is 5.69 Å². The monoisotopic (exact) mass is 404 g/mol. The summed E-state index contributed by atoms with van der Waals surface area (Å²) in [6.07, 6.45) is 3.04. The minimum absolute atomic E-state index is 0.147. The number of aromatic nitrogens is 3. The van der Waals surface area contributed by atoms with E-state index in [1.165, 1.54) is 6.20 Å². The van der Waals surface area contributed by atoms with E-state index in [-0.39, 0.29) is 17.7 Å². The molecule has 4 rings (SSSR count). The number of methoxy groups -OCH3 is 1. The molecule has 0 bridgehead atoms. The zero-order valence-corrected chi connectivity index (χ0v) is 16.7. The molecule has 8 nitrogen and oxygen atoms in total. The fourth-order valence-corrected chi connectivity index (χ4v) is 2.91. The lowest BCUT2D eigenvalue weighted by molar-refractivity contribution is 0.102. The highest BCUT2D eigenvalue weighted by Gasteiger charge is 2.17. The molecule has 0 atom stereocenters. The maximum Gasteiger partial charge on any atom is 0.257 e. The second kappa shape index (κ2) is 8.20. The Morgan fingerprint density at radius 3 is 2.60 bits per heavy atom. The molecule has 0 saturated heterocycles. The number of hydrogen-bond acceptors (Lipinski definition) is 7. The normalized spacial score (nSPS) is 10.9. The first-order chi connectivity index (χ1) is 14.5. The molecule has 4 aromatic rings. The number of anilines is 1. The molecule has 8 heteroatoms. The molecule has 152 valence electrons.